The van der Waals surface area contributed by atoms with Crippen molar-refractivity contribution in [2.45, 2.75) is 75.4 Å². The fourth-order valence-corrected chi connectivity index (χ4v) is 7.74. The number of ether oxygens (including phenoxy) is 2. The molecule has 0 amide bonds. The van der Waals surface area contributed by atoms with Crippen LogP contribution >= 0.6 is 11.6 Å². The molecular weight excluding hydrogens is 502 g/mol. The number of carbonyl (C=O) groups is 1. The summed E-state index contributed by atoms with van der Waals surface area (Å²) in [5.41, 5.74) is 2.89. The Bertz CT molecular complexity index is 1280. The molecule has 196 valence electrons. The maximum Gasteiger partial charge on any atom is 0.338 e. The lowest BCUT2D eigenvalue weighted by molar-refractivity contribution is -0.0554. The molecule has 4 aliphatic rings. The molecule has 2 aromatic carbocycles. The summed E-state index contributed by atoms with van der Waals surface area (Å²) in [6.07, 6.45) is 5.52. The van der Waals surface area contributed by atoms with Gasteiger partial charge in [0.25, 0.3) is 8.32 Å². The number of benzene rings is 2. The molecule has 7 heteroatoms. The van der Waals surface area contributed by atoms with Crippen LogP contribution in [0.1, 0.15) is 48.7 Å². The molecule has 0 N–H and O–H groups in total. The van der Waals surface area contributed by atoms with E-state index in [0.717, 1.165) is 30.9 Å². The molecule has 2 aliphatic heterocycles. The standard InChI is InChI=1S/C30H36ClNO4Si/c1-29(2,3)37(5,6)36-23-13-9-19-17-22-21-12-14-24(34-28(33)18-7-10-20(31)11-8-18)27-30(21,15-16-32(22)4)25(19)26(23)35-27/h7-14,21-22,24,27H,15-17H2,1-6H3/t21-,22+,24-,27-,30-/m0/s1. The molecule has 37 heavy (non-hydrogen) atoms. The van der Waals surface area contributed by atoms with E-state index in [1.54, 1.807) is 24.3 Å². The third-order valence-corrected chi connectivity index (χ3v) is 14.2. The average molecular weight is 538 g/mol. The van der Waals surface area contributed by atoms with Gasteiger partial charge in [-0.05, 0) is 86.5 Å². The zero-order chi connectivity index (χ0) is 26.3. The van der Waals surface area contributed by atoms with Crippen molar-refractivity contribution in [2.24, 2.45) is 5.92 Å². The molecule has 2 aromatic rings. The number of likely N-dealkylation sites (N-methyl/N-ethyl adjacent to an activating group) is 1. The smallest absolute Gasteiger partial charge is 0.338 e. The van der Waals surface area contributed by atoms with Crippen molar-refractivity contribution in [3.8, 4) is 11.5 Å². The van der Waals surface area contributed by atoms with Crippen LogP contribution < -0.4 is 9.16 Å². The third-order valence-electron chi connectivity index (χ3n) is 9.61. The molecule has 5 nitrogen and oxygen atoms in total. The predicted molar refractivity (Wildman–Crippen MR) is 148 cm³/mol. The summed E-state index contributed by atoms with van der Waals surface area (Å²) in [7, 11) is 0.135. The van der Waals surface area contributed by atoms with Gasteiger partial charge in [0.05, 0.1) is 5.56 Å². The molecule has 2 heterocycles. The van der Waals surface area contributed by atoms with Crippen LogP contribution in [0.25, 0.3) is 0 Å². The van der Waals surface area contributed by atoms with E-state index < -0.39 is 14.4 Å². The lowest BCUT2D eigenvalue weighted by Crippen LogP contribution is -2.65. The third kappa shape index (κ3) is 3.70. The molecule has 0 unspecified atom stereocenters. The summed E-state index contributed by atoms with van der Waals surface area (Å²) in [5.74, 6) is 1.65. The minimum atomic E-state index is -2.09. The van der Waals surface area contributed by atoms with Gasteiger partial charge in [0.1, 0.15) is 11.9 Å². The maximum absolute atomic E-state index is 13.2. The van der Waals surface area contributed by atoms with Crippen molar-refractivity contribution < 1.29 is 18.7 Å². The van der Waals surface area contributed by atoms with Gasteiger partial charge in [-0.3, -0.25) is 0 Å². The van der Waals surface area contributed by atoms with E-state index in [1.807, 2.05) is 0 Å². The van der Waals surface area contributed by atoms with Crippen LogP contribution in [0.3, 0.4) is 0 Å². The zero-order valence-corrected chi connectivity index (χ0v) is 24.3. The maximum atomic E-state index is 13.2. The van der Waals surface area contributed by atoms with Crippen LogP contribution in [0.5, 0.6) is 11.5 Å². The van der Waals surface area contributed by atoms with Crippen molar-refractivity contribution >= 4 is 25.9 Å². The van der Waals surface area contributed by atoms with Crippen LogP contribution in [-0.2, 0) is 16.6 Å². The van der Waals surface area contributed by atoms with Crippen molar-refractivity contribution in [3.05, 3.63) is 70.3 Å². The van der Waals surface area contributed by atoms with Crippen LogP contribution in [0.4, 0.5) is 0 Å². The van der Waals surface area contributed by atoms with Crippen molar-refractivity contribution in [1.29, 1.82) is 0 Å². The largest absolute Gasteiger partial charge is 0.541 e. The molecular formula is C30H36ClNO4Si. The van der Waals surface area contributed by atoms with Crippen molar-refractivity contribution in [3.63, 3.8) is 0 Å². The highest BCUT2D eigenvalue weighted by Gasteiger charge is 2.65. The number of nitrogens with zero attached hydrogens (tertiary/aromatic N) is 1. The molecule has 6 rings (SSSR count). The first-order valence-corrected chi connectivity index (χ1v) is 16.6. The molecule has 1 saturated heterocycles. The normalized spacial score (nSPS) is 29.9. The number of hydrogen-bond donors (Lipinski definition) is 0. The highest BCUT2D eigenvalue weighted by atomic mass is 35.5. The van der Waals surface area contributed by atoms with Gasteiger partial charge in [0.2, 0.25) is 0 Å². The van der Waals surface area contributed by atoms with Crippen LogP contribution in [0.2, 0.25) is 23.2 Å². The minimum Gasteiger partial charge on any atom is -0.541 e. The number of esters is 1. The van der Waals surface area contributed by atoms with E-state index in [0.29, 0.717) is 22.5 Å². The second-order valence-corrected chi connectivity index (χ2v) is 17.8. The highest BCUT2D eigenvalue weighted by molar-refractivity contribution is 6.74. The highest BCUT2D eigenvalue weighted by Crippen LogP contribution is 2.63. The second kappa shape index (κ2) is 8.36. The Morgan fingerprint density at radius 1 is 1.14 bits per heavy atom. The molecule has 1 spiro atoms. The Morgan fingerprint density at radius 2 is 1.86 bits per heavy atom. The summed E-state index contributed by atoms with van der Waals surface area (Å²) in [6.45, 7) is 12.3. The summed E-state index contributed by atoms with van der Waals surface area (Å²) < 4.78 is 19.9. The number of likely N-dealkylation sites (tertiary alicyclic amines) is 1. The van der Waals surface area contributed by atoms with E-state index in [9.17, 15) is 4.79 Å². The summed E-state index contributed by atoms with van der Waals surface area (Å²) in [6, 6.07) is 11.6. The topological polar surface area (TPSA) is 48.0 Å². The van der Waals surface area contributed by atoms with E-state index in [4.69, 9.17) is 25.5 Å². The fourth-order valence-electron chi connectivity index (χ4n) is 6.60. The molecule has 2 bridgehead atoms. The zero-order valence-electron chi connectivity index (χ0n) is 22.5. The Hall–Kier alpha value is -2.28. The molecule has 0 saturated carbocycles. The van der Waals surface area contributed by atoms with Crippen LogP contribution in [0, 0.1) is 5.92 Å². The number of rotatable bonds is 4. The molecule has 5 atom stereocenters. The first kappa shape index (κ1) is 25.0. The average Bonchev–Trinajstić information content (AvgIpc) is 3.18. The summed E-state index contributed by atoms with van der Waals surface area (Å²) in [4.78, 5) is 15.6. The van der Waals surface area contributed by atoms with E-state index in [2.05, 4.69) is 70.1 Å². The van der Waals surface area contributed by atoms with Gasteiger partial charge in [0.15, 0.2) is 11.9 Å². The number of halogens is 1. The quantitative estimate of drug-likeness (QED) is 0.257. The van der Waals surface area contributed by atoms with Gasteiger partial charge in [-0.2, -0.15) is 0 Å². The Labute approximate surface area is 225 Å². The van der Waals surface area contributed by atoms with Gasteiger partial charge < -0.3 is 18.8 Å². The van der Waals surface area contributed by atoms with Crippen molar-refractivity contribution in [2.75, 3.05) is 13.6 Å². The molecule has 2 aliphatic carbocycles. The minimum absolute atomic E-state index is 0.0681. The lowest BCUT2D eigenvalue weighted by atomic mass is 9.53. The van der Waals surface area contributed by atoms with E-state index >= 15 is 0 Å². The first-order chi connectivity index (χ1) is 17.4. The van der Waals surface area contributed by atoms with Gasteiger partial charge in [-0.25, -0.2) is 4.79 Å². The second-order valence-electron chi connectivity index (χ2n) is 12.7. The molecule has 0 aromatic heterocycles. The van der Waals surface area contributed by atoms with Crippen LogP contribution in [-0.4, -0.2) is 51.0 Å². The lowest BCUT2D eigenvalue weighted by Gasteiger charge is -2.56. The Kier molecular flexibility index (Phi) is 5.65. The van der Waals surface area contributed by atoms with E-state index in [1.165, 1.54) is 11.1 Å². The van der Waals surface area contributed by atoms with Gasteiger partial charge >= 0.3 is 5.97 Å². The SMILES string of the molecule is CN1CC[C@]23c4c5ccc(O[Si](C)(C)C(C)(C)C)c4O[C@H]2[C@@H](OC(=O)c2ccc(Cl)cc2)C=C[C@H]3[C@H]1C5. The summed E-state index contributed by atoms with van der Waals surface area (Å²) in [5, 5.41) is 0.658. The summed E-state index contributed by atoms with van der Waals surface area (Å²) >= 11 is 6.03. The Morgan fingerprint density at radius 3 is 2.57 bits per heavy atom. The predicted octanol–water partition coefficient (Wildman–Crippen LogP) is 6.39. The first-order valence-electron chi connectivity index (χ1n) is 13.3. The fraction of sp³-hybridized carbons (Fsp3) is 0.500. The van der Waals surface area contributed by atoms with Crippen LogP contribution in [0.15, 0.2) is 48.6 Å². The monoisotopic (exact) mass is 537 g/mol. The van der Waals surface area contributed by atoms with Crippen molar-refractivity contribution in [1.82, 2.24) is 4.90 Å². The molecule has 1 fully saturated rings. The molecule has 0 radical (unpaired) electrons. The van der Waals surface area contributed by atoms with Gasteiger partial charge in [-0.1, -0.05) is 44.5 Å². The number of piperidine rings is 1. The number of carbonyl (C=O) groups excluding carboxylic acids is 1. The van der Waals surface area contributed by atoms with Gasteiger partial charge in [-0.15, -0.1) is 0 Å². The Balaban J connectivity index is 1.42. The van der Waals surface area contributed by atoms with E-state index in [-0.39, 0.29) is 22.5 Å². The number of hydrogen-bond acceptors (Lipinski definition) is 5. The van der Waals surface area contributed by atoms with Gasteiger partial charge in [0, 0.05) is 28.0 Å².